The maximum atomic E-state index is 12.4. The molecular formula is C20H22N2O3S3. The van der Waals surface area contributed by atoms with E-state index in [1.165, 1.54) is 16.2 Å². The van der Waals surface area contributed by atoms with Crippen LogP contribution >= 0.6 is 23.1 Å². The lowest BCUT2D eigenvalue weighted by atomic mass is 10.1. The topological polar surface area (TPSA) is 68.5 Å². The van der Waals surface area contributed by atoms with Crippen molar-refractivity contribution < 1.29 is 13.2 Å². The van der Waals surface area contributed by atoms with Gasteiger partial charge in [-0.3, -0.25) is 4.79 Å². The summed E-state index contributed by atoms with van der Waals surface area (Å²) in [5.41, 5.74) is 1.78. The second-order valence-electron chi connectivity index (χ2n) is 6.70. The SMILES string of the molecule is CSc1ccc2c(c1)sc(=NC(=O)Cc1ccc(S(=O)(=O)C(C)C)cc1)n2C. The van der Waals surface area contributed by atoms with Crippen LogP contribution in [0.2, 0.25) is 0 Å². The van der Waals surface area contributed by atoms with E-state index in [1.807, 2.05) is 23.9 Å². The number of amides is 1. The number of hydrogen-bond donors (Lipinski definition) is 0. The molecule has 0 aliphatic rings. The molecule has 28 heavy (non-hydrogen) atoms. The van der Waals surface area contributed by atoms with Gasteiger partial charge in [0.15, 0.2) is 14.6 Å². The largest absolute Gasteiger partial charge is 0.319 e. The van der Waals surface area contributed by atoms with Gasteiger partial charge in [0.25, 0.3) is 5.91 Å². The molecule has 1 heterocycles. The molecule has 0 N–H and O–H groups in total. The second kappa shape index (κ2) is 8.23. The minimum absolute atomic E-state index is 0.131. The Kier molecular flexibility index (Phi) is 6.12. The Balaban J connectivity index is 1.84. The van der Waals surface area contributed by atoms with Gasteiger partial charge in [0.2, 0.25) is 0 Å². The number of carbonyl (C=O) groups is 1. The fourth-order valence-electron chi connectivity index (χ4n) is 2.74. The van der Waals surface area contributed by atoms with Gasteiger partial charge >= 0.3 is 0 Å². The summed E-state index contributed by atoms with van der Waals surface area (Å²) in [6.45, 7) is 3.30. The Bertz CT molecular complexity index is 1190. The Hall–Kier alpha value is -1.90. The first-order valence-electron chi connectivity index (χ1n) is 8.76. The molecule has 0 fully saturated rings. The molecule has 1 aromatic heterocycles. The van der Waals surface area contributed by atoms with Crippen molar-refractivity contribution in [1.82, 2.24) is 4.57 Å². The van der Waals surface area contributed by atoms with Crippen molar-refractivity contribution in [2.24, 2.45) is 12.0 Å². The number of sulfone groups is 1. The Morgan fingerprint density at radius 2 is 1.86 bits per heavy atom. The van der Waals surface area contributed by atoms with Gasteiger partial charge in [0.05, 0.1) is 26.8 Å². The van der Waals surface area contributed by atoms with E-state index in [0.29, 0.717) is 4.80 Å². The summed E-state index contributed by atoms with van der Waals surface area (Å²) in [6.07, 6.45) is 2.16. The molecule has 3 aromatic rings. The number of benzene rings is 2. The predicted molar refractivity (Wildman–Crippen MR) is 116 cm³/mol. The molecule has 8 heteroatoms. The molecule has 3 rings (SSSR count). The van der Waals surface area contributed by atoms with E-state index in [-0.39, 0.29) is 17.2 Å². The van der Waals surface area contributed by atoms with Gasteiger partial charge in [-0.1, -0.05) is 23.5 Å². The summed E-state index contributed by atoms with van der Waals surface area (Å²) in [5.74, 6) is -0.258. The quantitative estimate of drug-likeness (QED) is 0.573. The number of aryl methyl sites for hydroxylation is 1. The van der Waals surface area contributed by atoms with Crippen LogP contribution in [0.4, 0.5) is 0 Å². The molecule has 0 unspecified atom stereocenters. The van der Waals surface area contributed by atoms with Crippen LogP contribution in [0.3, 0.4) is 0 Å². The van der Waals surface area contributed by atoms with Gasteiger partial charge < -0.3 is 4.57 Å². The van der Waals surface area contributed by atoms with Crippen molar-refractivity contribution in [3.05, 3.63) is 52.8 Å². The molecular weight excluding hydrogens is 412 g/mol. The van der Waals surface area contributed by atoms with Crippen LogP contribution in [-0.2, 0) is 28.1 Å². The van der Waals surface area contributed by atoms with Gasteiger partial charge in [0, 0.05) is 11.9 Å². The number of carbonyl (C=O) groups excluding carboxylic acids is 1. The van der Waals surface area contributed by atoms with Crippen LogP contribution in [0.5, 0.6) is 0 Å². The third kappa shape index (κ3) is 4.24. The first kappa shape index (κ1) is 20.8. The van der Waals surface area contributed by atoms with Gasteiger partial charge in [-0.2, -0.15) is 4.99 Å². The summed E-state index contributed by atoms with van der Waals surface area (Å²) < 4.78 is 27.4. The minimum Gasteiger partial charge on any atom is -0.319 e. The first-order valence-corrected chi connectivity index (χ1v) is 12.3. The van der Waals surface area contributed by atoms with Crippen molar-refractivity contribution in [1.29, 1.82) is 0 Å². The number of thiazole rings is 1. The van der Waals surface area contributed by atoms with Crippen LogP contribution < -0.4 is 4.80 Å². The lowest BCUT2D eigenvalue weighted by molar-refractivity contribution is -0.117. The second-order valence-corrected chi connectivity index (χ2v) is 11.1. The number of fused-ring (bicyclic) bond motifs is 1. The van der Waals surface area contributed by atoms with Crippen LogP contribution in [0, 0.1) is 0 Å². The van der Waals surface area contributed by atoms with Gasteiger partial charge in [-0.15, -0.1) is 11.8 Å². The maximum absolute atomic E-state index is 12.4. The fourth-order valence-corrected chi connectivity index (χ4v) is 5.39. The predicted octanol–water partition coefficient (Wildman–Crippen LogP) is 3.81. The fraction of sp³-hybridized carbons (Fsp3) is 0.300. The molecule has 2 aromatic carbocycles. The average Bonchev–Trinajstić information content (AvgIpc) is 2.96. The molecule has 0 bridgehead atoms. The molecule has 1 amide bonds. The number of nitrogens with zero attached hydrogens (tertiary/aromatic N) is 2. The smallest absolute Gasteiger partial charge is 0.252 e. The lowest BCUT2D eigenvalue weighted by Crippen LogP contribution is -2.15. The zero-order valence-corrected chi connectivity index (χ0v) is 18.6. The van der Waals surface area contributed by atoms with Gasteiger partial charge in [0.1, 0.15) is 0 Å². The van der Waals surface area contributed by atoms with Crippen molar-refractivity contribution in [2.45, 2.75) is 35.3 Å². The molecule has 5 nitrogen and oxygen atoms in total. The normalized spacial score (nSPS) is 12.8. The highest BCUT2D eigenvalue weighted by molar-refractivity contribution is 7.98. The number of aromatic nitrogens is 1. The van der Waals surface area contributed by atoms with E-state index < -0.39 is 15.1 Å². The summed E-state index contributed by atoms with van der Waals surface area (Å²) in [5, 5.41) is -0.477. The van der Waals surface area contributed by atoms with Crippen LogP contribution in [-0.4, -0.2) is 30.4 Å². The maximum Gasteiger partial charge on any atom is 0.252 e. The third-order valence-corrected chi connectivity index (χ3v) is 8.46. The highest BCUT2D eigenvalue weighted by atomic mass is 32.2. The highest BCUT2D eigenvalue weighted by Gasteiger charge is 2.18. The third-order valence-electron chi connectivity index (χ3n) is 4.46. The summed E-state index contributed by atoms with van der Waals surface area (Å²) >= 11 is 3.16. The number of rotatable bonds is 5. The molecule has 0 atom stereocenters. The van der Waals surface area contributed by atoms with Gasteiger partial charge in [-0.25, -0.2) is 8.42 Å². The highest BCUT2D eigenvalue weighted by Crippen LogP contribution is 2.23. The number of thioether (sulfide) groups is 1. The molecule has 0 radical (unpaired) electrons. The van der Waals surface area contributed by atoms with E-state index >= 15 is 0 Å². The average molecular weight is 435 g/mol. The number of hydrogen-bond acceptors (Lipinski definition) is 5. The van der Waals surface area contributed by atoms with E-state index in [2.05, 4.69) is 17.1 Å². The standard InChI is InChI=1S/C20H22N2O3S3/c1-13(2)28(24,25)16-8-5-14(6-9-16)11-19(23)21-20-22(3)17-10-7-15(26-4)12-18(17)27-20/h5-10,12-13H,11H2,1-4H3. The molecule has 0 saturated heterocycles. The van der Waals surface area contributed by atoms with Gasteiger partial charge in [-0.05, 0) is 56.0 Å². The van der Waals surface area contributed by atoms with Crippen LogP contribution in [0.25, 0.3) is 10.2 Å². The summed E-state index contributed by atoms with van der Waals surface area (Å²) in [4.78, 5) is 18.8. The Labute approximate surface area is 173 Å². The molecule has 0 aliphatic heterocycles. The molecule has 0 spiro atoms. The Morgan fingerprint density at radius 1 is 1.18 bits per heavy atom. The van der Waals surface area contributed by atoms with Crippen LogP contribution in [0.15, 0.2) is 57.2 Å². The lowest BCUT2D eigenvalue weighted by Gasteiger charge is -2.08. The molecule has 148 valence electrons. The van der Waals surface area contributed by atoms with E-state index in [0.717, 1.165) is 15.8 Å². The molecule has 0 aliphatic carbocycles. The first-order chi connectivity index (χ1) is 13.2. The van der Waals surface area contributed by atoms with Crippen molar-refractivity contribution in [3.8, 4) is 0 Å². The molecule has 0 saturated carbocycles. The van der Waals surface area contributed by atoms with E-state index in [1.54, 1.807) is 49.9 Å². The van der Waals surface area contributed by atoms with Crippen molar-refractivity contribution in [2.75, 3.05) is 6.26 Å². The zero-order valence-electron chi connectivity index (χ0n) is 16.2. The minimum atomic E-state index is -3.31. The summed E-state index contributed by atoms with van der Waals surface area (Å²) in [7, 11) is -1.41. The van der Waals surface area contributed by atoms with Crippen molar-refractivity contribution >= 4 is 49.1 Å². The van der Waals surface area contributed by atoms with Crippen molar-refractivity contribution in [3.63, 3.8) is 0 Å². The Morgan fingerprint density at radius 3 is 2.46 bits per heavy atom. The summed E-state index contributed by atoms with van der Waals surface area (Å²) in [6, 6.07) is 12.7. The van der Waals surface area contributed by atoms with E-state index in [4.69, 9.17) is 0 Å². The van der Waals surface area contributed by atoms with Crippen LogP contribution in [0.1, 0.15) is 19.4 Å². The zero-order chi connectivity index (χ0) is 20.5. The monoisotopic (exact) mass is 434 g/mol. The van der Waals surface area contributed by atoms with E-state index in [9.17, 15) is 13.2 Å².